The maximum absolute atomic E-state index is 12.8. The number of ether oxygens (including phenoxy) is 1. The number of benzene rings is 1. The van der Waals surface area contributed by atoms with Crippen molar-refractivity contribution in [3.05, 3.63) is 39.8 Å². The molecule has 0 spiro atoms. The van der Waals surface area contributed by atoms with Gasteiger partial charge in [0.15, 0.2) is 5.13 Å². The number of anilines is 2. The molecule has 2 aliphatic heterocycles. The lowest BCUT2D eigenvalue weighted by molar-refractivity contribution is -0.129. The quantitative estimate of drug-likeness (QED) is 0.646. The Morgan fingerprint density at radius 1 is 1.30 bits per heavy atom. The second kappa shape index (κ2) is 9.13. The van der Waals surface area contributed by atoms with Crippen LogP contribution in [0.15, 0.2) is 34.1 Å². The van der Waals surface area contributed by atoms with Crippen molar-refractivity contribution in [2.24, 2.45) is 5.92 Å². The molecule has 2 aromatic rings. The lowest BCUT2D eigenvalue weighted by Crippen LogP contribution is -2.44. The number of thiazole rings is 1. The van der Waals surface area contributed by atoms with E-state index in [0.717, 1.165) is 35.5 Å². The number of carbonyl (C=O) groups excluding carboxylic acids is 2. The summed E-state index contributed by atoms with van der Waals surface area (Å²) in [6, 6.07) is 7.55. The van der Waals surface area contributed by atoms with Crippen LogP contribution in [0.2, 0.25) is 0 Å². The second-order valence-electron chi connectivity index (χ2n) is 7.87. The monoisotopic (exact) mass is 492 g/mol. The summed E-state index contributed by atoms with van der Waals surface area (Å²) >= 11 is 4.88. The molecule has 2 amide bonds. The molecule has 0 radical (unpaired) electrons. The summed E-state index contributed by atoms with van der Waals surface area (Å²) < 4.78 is 6.61. The minimum Gasteiger partial charge on any atom is -0.373 e. The van der Waals surface area contributed by atoms with E-state index in [1.807, 2.05) is 29.6 Å². The highest BCUT2D eigenvalue weighted by Crippen LogP contribution is 2.32. The largest absolute Gasteiger partial charge is 0.373 e. The Bertz CT molecular complexity index is 926. The molecule has 3 atom stereocenters. The van der Waals surface area contributed by atoms with Gasteiger partial charge in [-0.3, -0.25) is 14.5 Å². The smallest absolute Gasteiger partial charge is 0.239 e. The number of hydrogen-bond donors (Lipinski definition) is 1. The summed E-state index contributed by atoms with van der Waals surface area (Å²) in [5.74, 6) is -1.15. The number of halogens is 1. The van der Waals surface area contributed by atoms with Crippen LogP contribution in [0.3, 0.4) is 0 Å². The number of carbonyl (C=O) groups is 2. The van der Waals surface area contributed by atoms with Gasteiger partial charge in [-0.15, -0.1) is 11.3 Å². The molecule has 4 rings (SSSR count). The van der Waals surface area contributed by atoms with Crippen molar-refractivity contribution in [1.29, 1.82) is 0 Å². The molecule has 2 saturated heterocycles. The highest BCUT2D eigenvalue weighted by Gasteiger charge is 2.38. The van der Waals surface area contributed by atoms with Gasteiger partial charge in [0.05, 0.1) is 23.6 Å². The van der Waals surface area contributed by atoms with Crippen LogP contribution in [-0.4, -0.2) is 53.5 Å². The highest BCUT2D eigenvalue weighted by atomic mass is 79.9. The Labute approximate surface area is 188 Å². The first kappa shape index (κ1) is 21.4. The zero-order valence-electron chi connectivity index (χ0n) is 17.0. The van der Waals surface area contributed by atoms with Crippen LogP contribution < -0.4 is 10.2 Å². The number of nitrogens with one attached hydrogen (secondary N) is 1. The zero-order valence-corrected chi connectivity index (χ0v) is 19.4. The van der Waals surface area contributed by atoms with E-state index in [2.05, 4.69) is 45.0 Å². The summed E-state index contributed by atoms with van der Waals surface area (Å²) in [5, 5.41) is 5.34. The van der Waals surface area contributed by atoms with Gasteiger partial charge in [0, 0.05) is 36.0 Å². The third-order valence-corrected chi connectivity index (χ3v) is 6.81. The highest BCUT2D eigenvalue weighted by molar-refractivity contribution is 9.10. The predicted molar refractivity (Wildman–Crippen MR) is 121 cm³/mol. The van der Waals surface area contributed by atoms with E-state index >= 15 is 0 Å². The summed E-state index contributed by atoms with van der Waals surface area (Å²) in [4.78, 5) is 34.1. The van der Waals surface area contributed by atoms with E-state index in [1.54, 1.807) is 4.90 Å². The first-order valence-electron chi connectivity index (χ1n) is 10.1. The molecule has 7 nitrogen and oxygen atoms in total. The van der Waals surface area contributed by atoms with Crippen LogP contribution in [0.25, 0.3) is 0 Å². The molecule has 1 aromatic carbocycles. The SMILES string of the molecule is CC1CN(Cc2csc(NC(=O)C3CCN(c4ccccc4Br)C3=O)n2)CC(C)O1. The predicted octanol–water partition coefficient (Wildman–Crippen LogP) is 3.51. The third-order valence-electron chi connectivity index (χ3n) is 5.33. The van der Waals surface area contributed by atoms with Gasteiger partial charge in [0.1, 0.15) is 5.92 Å². The van der Waals surface area contributed by atoms with Gasteiger partial charge in [0.25, 0.3) is 0 Å². The minimum atomic E-state index is -0.689. The van der Waals surface area contributed by atoms with E-state index < -0.39 is 5.92 Å². The van der Waals surface area contributed by atoms with E-state index in [4.69, 9.17) is 4.74 Å². The first-order valence-corrected chi connectivity index (χ1v) is 11.8. The molecular formula is C21H25BrN4O3S. The fourth-order valence-corrected chi connectivity index (χ4v) is 5.31. The summed E-state index contributed by atoms with van der Waals surface area (Å²) in [6.07, 6.45) is 0.897. The van der Waals surface area contributed by atoms with Gasteiger partial charge in [-0.05, 0) is 48.3 Å². The van der Waals surface area contributed by atoms with Gasteiger partial charge in [-0.1, -0.05) is 12.1 Å². The normalized spacial score (nSPS) is 25.0. The lowest BCUT2D eigenvalue weighted by Gasteiger charge is -2.34. The van der Waals surface area contributed by atoms with Crippen LogP contribution in [0, 0.1) is 5.92 Å². The Hall–Kier alpha value is -1.81. The molecule has 9 heteroatoms. The van der Waals surface area contributed by atoms with Crippen LogP contribution >= 0.6 is 27.3 Å². The fraction of sp³-hybridized carbons (Fsp3) is 0.476. The van der Waals surface area contributed by atoms with Crippen molar-refractivity contribution < 1.29 is 14.3 Å². The summed E-state index contributed by atoms with van der Waals surface area (Å²) in [7, 11) is 0. The Balaban J connectivity index is 1.36. The van der Waals surface area contributed by atoms with Gasteiger partial charge < -0.3 is 15.0 Å². The van der Waals surface area contributed by atoms with Crippen LogP contribution in [0.1, 0.15) is 26.0 Å². The molecule has 1 aromatic heterocycles. The molecule has 160 valence electrons. The van der Waals surface area contributed by atoms with Crippen molar-refractivity contribution in [2.45, 2.75) is 39.0 Å². The number of aromatic nitrogens is 1. The number of nitrogens with zero attached hydrogens (tertiary/aromatic N) is 3. The average Bonchev–Trinajstić information content (AvgIpc) is 3.27. The number of hydrogen-bond acceptors (Lipinski definition) is 6. The Morgan fingerprint density at radius 2 is 2.03 bits per heavy atom. The zero-order chi connectivity index (χ0) is 21.3. The number of para-hydroxylation sites is 1. The van der Waals surface area contributed by atoms with Crippen molar-refractivity contribution in [3.8, 4) is 0 Å². The van der Waals surface area contributed by atoms with Gasteiger partial charge in [-0.2, -0.15) is 0 Å². The van der Waals surface area contributed by atoms with E-state index in [1.165, 1.54) is 11.3 Å². The van der Waals surface area contributed by atoms with Crippen molar-refractivity contribution >= 4 is 49.9 Å². The third kappa shape index (κ3) is 4.74. The van der Waals surface area contributed by atoms with Crippen molar-refractivity contribution in [3.63, 3.8) is 0 Å². The fourth-order valence-electron chi connectivity index (χ4n) is 4.11. The van der Waals surface area contributed by atoms with E-state index in [-0.39, 0.29) is 24.0 Å². The van der Waals surface area contributed by atoms with E-state index in [9.17, 15) is 9.59 Å². The number of rotatable bonds is 5. The summed E-state index contributed by atoms with van der Waals surface area (Å²) in [5.41, 5.74) is 1.72. The van der Waals surface area contributed by atoms with Crippen LogP contribution in [0.4, 0.5) is 10.8 Å². The lowest BCUT2D eigenvalue weighted by atomic mass is 10.1. The molecule has 1 N–H and O–H groups in total. The number of morpholine rings is 1. The van der Waals surface area contributed by atoms with Gasteiger partial charge in [0.2, 0.25) is 11.8 Å². The Kier molecular flexibility index (Phi) is 6.52. The molecule has 0 saturated carbocycles. The average molecular weight is 493 g/mol. The molecule has 2 fully saturated rings. The van der Waals surface area contributed by atoms with Gasteiger partial charge >= 0.3 is 0 Å². The summed E-state index contributed by atoms with van der Waals surface area (Å²) in [6.45, 7) is 7.13. The van der Waals surface area contributed by atoms with Crippen LogP contribution in [0.5, 0.6) is 0 Å². The molecule has 3 unspecified atom stereocenters. The topological polar surface area (TPSA) is 74.8 Å². The maximum Gasteiger partial charge on any atom is 0.239 e. The second-order valence-corrected chi connectivity index (χ2v) is 9.58. The van der Waals surface area contributed by atoms with Crippen LogP contribution in [-0.2, 0) is 20.9 Å². The standard InChI is InChI=1S/C21H25BrN4O3S/c1-13-9-25(10-14(2)29-13)11-15-12-30-21(23-15)24-19(27)16-7-8-26(20(16)28)18-6-4-3-5-17(18)22/h3-6,12-14,16H,7-11H2,1-2H3,(H,23,24,27). The minimum absolute atomic E-state index is 0.174. The molecule has 0 aliphatic carbocycles. The van der Waals surface area contributed by atoms with Gasteiger partial charge in [-0.25, -0.2) is 4.98 Å². The maximum atomic E-state index is 12.8. The first-order chi connectivity index (χ1) is 14.4. The molecule has 0 bridgehead atoms. The Morgan fingerprint density at radius 3 is 2.77 bits per heavy atom. The molecule has 2 aliphatic rings. The van der Waals surface area contributed by atoms with Crippen molar-refractivity contribution in [2.75, 3.05) is 29.9 Å². The molecular weight excluding hydrogens is 468 g/mol. The van der Waals surface area contributed by atoms with E-state index in [0.29, 0.717) is 18.1 Å². The molecule has 30 heavy (non-hydrogen) atoms. The molecule has 3 heterocycles. The number of amides is 2. The van der Waals surface area contributed by atoms with Crippen molar-refractivity contribution in [1.82, 2.24) is 9.88 Å².